The Morgan fingerprint density at radius 1 is 1.06 bits per heavy atom. The zero-order valence-electron chi connectivity index (χ0n) is 10.7. The molecule has 3 nitrogen and oxygen atoms in total. The smallest absolute Gasteiger partial charge is 0.223 e. The van der Waals surface area contributed by atoms with Crippen molar-refractivity contribution < 1.29 is 4.79 Å². The molecular formula is C13H25ClN2O. The first-order valence-corrected chi connectivity index (χ1v) is 6.77. The van der Waals surface area contributed by atoms with Gasteiger partial charge in [0.1, 0.15) is 0 Å². The van der Waals surface area contributed by atoms with Crippen molar-refractivity contribution in [3.8, 4) is 0 Å². The van der Waals surface area contributed by atoms with Crippen molar-refractivity contribution in [3.63, 3.8) is 0 Å². The summed E-state index contributed by atoms with van der Waals surface area (Å²) < 4.78 is 0. The molecule has 0 aromatic heterocycles. The van der Waals surface area contributed by atoms with Crippen molar-refractivity contribution in [3.05, 3.63) is 0 Å². The van der Waals surface area contributed by atoms with Crippen molar-refractivity contribution in [2.45, 2.75) is 51.5 Å². The molecule has 1 saturated carbocycles. The van der Waals surface area contributed by atoms with Crippen LogP contribution in [0.5, 0.6) is 0 Å². The van der Waals surface area contributed by atoms with Gasteiger partial charge in [0, 0.05) is 12.0 Å². The number of rotatable bonds is 2. The average molecular weight is 261 g/mol. The number of nitrogens with one attached hydrogen (secondary N) is 2. The Hall–Kier alpha value is -0.280. The second kappa shape index (κ2) is 7.22. The van der Waals surface area contributed by atoms with Gasteiger partial charge in [0.2, 0.25) is 5.91 Å². The van der Waals surface area contributed by atoms with Gasteiger partial charge in [-0.2, -0.15) is 0 Å². The summed E-state index contributed by atoms with van der Waals surface area (Å²) in [5.41, 5.74) is 0. The van der Waals surface area contributed by atoms with Crippen molar-refractivity contribution in [2.24, 2.45) is 11.8 Å². The molecule has 0 bridgehead atoms. The lowest BCUT2D eigenvalue weighted by Gasteiger charge is -2.29. The number of hydrogen-bond donors (Lipinski definition) is 2. The highest BCUT2D eigenvalue weighted by Gasteiger charge is 2.25. The molecule has 2 N–H and O–H groups in total. The van der Waals surface area contributed by atoms with Gasteiger partial charge in [-0.05, 0) is 57.5 Å². The zero-order chi connectivity index (χ0) is 11.4. The van der Waals surface area contributed by atoms with Crippen LogP contribution in [-0.4, -0.2) is 25.0 Å². The first-order valence-electron chi connectivity index (χ1n) is 6.77. The maximum atomic E-state index is 12.0. The van der Waals surface area contributed by atoms with E-state index < -0.39 is 0 Å². The average Bonchev–Trinajstić information content (AvgIpc) is 2.33. The second-order valence-corrected chi connectivity index (χ2v) is 5.49. The topological polar surface area (TPSA) is 41.1 Å². The summed E-state index contributed by atoms with van der Waals surface area (Å²) >= 11 is 0. The molecular weight excluding hydrogens is 236 g/mol. The Morgan fingerprint density at radius 2 is 1.65 bits per heavy atom. The van der Waals surface area contributed by atoms with Crippen LogP contribution in [-0.2, 0) is 4.79 Å². The fourth-order valence-electron chi connectivity index (χ4n) is 2.81. The van der Waals surface area contributed by atoms with E-state index in [0.717, 1.165) is 31.8 Å². The maximum absolute atomic E-state index is 12.0. The molecule has 0 spiro atoms. The molecule has 0 radical (unpaired) electrons. The Labute approximate surface area is 111 Å². The van der Waals surface area contributed by atoms with Crippen molar-refractivity contribution in [1.82, 2.24) is 10.6 Å². The van der Waals surface area contributed by atoms with Gasteiger partial charge in [0.25, 0.3) is 0 Å². The number of piperidine rings is 1. The van der Waals surface area contributed by atoms with Gasteiger partial charge >= 0.3 is 0 Å². The van der Waals surface area contributed by atoms with Gasteiger partial charge in [-0.25, -0.2) is 0 Å². The summed E-state index contributed by atoms with van der Waals surface area (Å²) in [6.07, 6.45) is 6.92. The molecule has 1 aliphatic heterocycles. The van der Waals surface area contributed by atoms with Crippen LogP contribution in [0, 0.1) is 11.8 Å². The number of amides is 1. The second-order valence-electron chi connectivity index (χ2n) is 5.49. The van der Waals surface area contributed by atoms with Crippen LogP contribution >= 0.6 is 12.4 Å². The van der Waals surface area contributed by atoms with Crippen LogP contribution in [0.1, 0.15) is 45.4 Å². The first-order chi connectivity index (χ1) is 7.75. The van der Waals surface area contributed by atoms with Gasteiger partial charge in [0.15, 0.2) is 0 Å². The van der Waals surface area contributed by atoms with Crippen LogP contribution in [0.4, 0.5) is 0 Å². The van der Waals surface area contributed by atoms with Crippen LogP contribution < -0.4 is 10.6 Å². The number of halogens is 1. The van der Waals surface area contributed by atoms with E-state index in [0.29, 0.717) is 11.9 Å². The van der Waals surface area contributed by atoms with Crippen LogP contribution in [0.2, 0.25) is 0 Å². The minimum atomic E-state index is 0. The molecule has 0 aromatic rings. The molecule has 2 rings (SSSR count). The predicted molar refractivity (Wildman–Crippen MR) is 72.4 cm³/mol. The molecule has 100 valence electrons. The third-order valence-electron chi connectivity index (χ3n) is 4.07. The standard InChI is InChI=1S/C13H24N2O.ClH/c1-10-2-4-12(5-3-10)15-13(16)11-6-8-14-9-7-11;/h10-12,14H,2-9H2,1H3,(H,15,16);1H. The van der Waals surface area contributed by atoms with Gasteiger partial charge < -0.3 is 10.6 Å². The molecule has 1 aliphatic carbocycles. The van der Waals surface area contributed by atoms with E-state index in [1.807, 2.05) is 0 Å². The largest absolute Gasteiger partial charge is 0.353 e. The molecule has 1 amide bonds. The summed E-state index contributed by atoms with van der Waals surface area (Å²) in [6, 6.07) is 0.457. The van der Waals surface area contributed by atoms with Crippen molar-refractivity contribution in [2.75, 3.05) is 13.1 Å². The Balaban J connectivity index is 0.00000144. The molecule has 0 unspecified atom stereocenters. The van der Waals surface area contributed by atoms with Gasteiger partial charge in [0.05, 0.1) is 0 Å². The van der Waals surface area contributed by atoms with E-state index in [9.17, 15) is 4.79 Å². The Kier molecular flexibility index (Phi) is 6.28. The number of carbonyl (C=O) groups is 1. The van der Waals surface area contributed by atoms with E-state index in [4.69, 9.17) is 0 Å². The molecule has 1 saturated heterocycles. The molecule has 2 aliphatic rings. The van der Waals surface area contributed by atoms with Crippen LogP contribution in [0.3, 0.4) is 0 Å². The SMILES string of the molecule is CC1CCC(NC(=O)C2CCNCC2)CC1.Cl. The van der Waals surface area contributed by atoms with Crippen molar-refractivity contribution >= 4 is 18.3 Å². The van der Waals surface area contributed by atoms with Crippen molar-refractivity contribution in [1.29, 1.82) is 0 Å². The summed E-state index contributed by atoms with van der Waals surface area (Å²) in [6.45, 7) is 4.31. The highest BCUT2D eigenvalue weighted by molar-refractivity contribution is 5.85. The normalized spacial score (nSPS) is 30.4. The maximum Gasteiger partial charge on any atom is 0.223 e. The van der Waals surface area contributed by atoms with Gasteiger partial charge in [-0.3, -0.25) is 4.79 Å². The van der Waals surface area contributed by atoms with Crippen LogP contribution in [0.15, 0.2) is 0 Å². The fourth-order valence-corrected chi connectivity index (χ4v) is 2.81. The minimum absolute atomic E-state index is 0. The van der Waals surface area contributed by atoms with E-state index in [1.54, 1.807) is 0 Å². The first kappa shape index (κ1) is 14.8. The monoisotopic (exact) mass is 260 g/mol. The Morgan fingerprint density at radius 3 is 2.24 bits per heavy atom. The number of carbonyl (C=O) groups excluding carboxylic acids is 1. The predicted octanol–water partition coefficient (Wildman–Crippen LogP) is 2.10. The minimum Gasteiger partial charge on any atom is -0.353 e. The van der Waals surface area contributed by atoms with E-state index in [-0.39, 0.29) is 18.3 Å². The third kappa shape index (κ3) is 4.47. The summed E-state index contributed by atoms with van der Waals surface area (Å²) in [4.78, 5) is 12.0. The lowest BCUT2D eigenvalue weighted by Crippen LogP contribution is -2.43. The van der Waals surface area contributed by atoms with Gasteiger partial charge in [-0.1, -0.05) is 6.92 Å². The molecule has 1 heterocycles. The van der Waals surface area contributed by atoms with Crippen LogP contribution in [0.25, 0.3) is 0 Å². The molecule has 0 aromatic carbocycles. The lowest BCUT2D eigenvalue weighted by molar-refractivity contribution is -0.126. The van der Waals surface area contributed by atoms with E-state index in [2.05, 4.69) is 17.6 Å². The van der Waals surface area contributed by atoms with E-state index in [1.165, 1.54) is 25.7 Å². The summed E-state index contributed by atoms with van der Waals surface area (Å²) in [5, 5.41) is 6.54. The zero-order valence-corrected chi connectivity index (χ0v) is 11.5. The Bertz CT molecular complexity index is 234. The lowest BCUT2D eigenvalue weighted by atomic mass is 9.87. The number of hydrogen-bond acceptors (Lipinski definition) is 2. The highest BCUT2D eigenvalue weighted by Crippen LogP contribution is 2.24. The highest BCUT2D eigenvalue weighted by atomic mass is 35.5. The molecule has 4 heteroatoms. The fraction of sp³-hybridized carbons (Fsp3) is 0.923. The molecule has 0 atom stereocenters. The van der Waals surface area contributed by atoms with E-state index >= 15 is 0 Å². The summed E-state index contributed by atoms with van der Waals surface area (Å²) in [5.74, 6) is 1.42. The molecule has 2 fully saturated rings. The summed E-state index contributed by atoms with van der Waals surface area (Å²) in [7, 11) is 0. The third-order valence-corrected chi connectivity index (χ3v) is 4.07. The van der Waals surface area contributed by atoms with Gasteiger partial charge in [-0.15, -0.1) is 12.4 Å². The molecule has 17 heavy (non-hydrogen) atoms. The quantitative estimate of drug-likeness (QED) is 0.799.